The zero-order valence-electron chi connectivity index (χ0n) is 24.7. The van der Waals surface area contributed by atoms with E-state index in [0.29, 0.717) is 0 Å². The van der Waals surface area contributed by atoms with Crippen molar-refractivity contribution >= 4 is 67.3 Å². The molecular formula is C41H34BP. The molecule has 0 unspecified atom stereocenters. The van der Waals surface area contributed by atoms with E-state index in [1.165, 1.54) is 65.4 Å². The molecule has 0 aromatic heterocycles. The molecule has 1 aliphatic heterocycles. The predicted octanol–water partition coefficient (Wildman–Crippen LogP) is 9.65. The summed E-state index contributed by atoms with van der Waals surface area (Å²) in [5.74, 6) is -1.31. The normalized spacial score (nSPS) is 15.9. The van der Waals surface area contributed by atoms with Gasteiger partial charge in [-0.2, -0.15) is 10.9 Å². The molecule has 0 nitrogen and oxygen atoms in total. The maximum atomic E-state index is 2.62. The highest BCUT2D eigenvalue weighted by molar-refractivity contribution is 8.14. The van der Waals surface area contributed by atoms with Crippen molar-refractivity contribution in [2.45, 2.75) is 0 Å². The van der Waals surface area contributed by atoms with Gasteiger partial charge in [0.05, 0.1) is 0 Å². The zero-order chi connectivity index (χ0) is 29.0. The van der Waals surface area contributed by atoms with Gasteiger partial charge in [0.25, 0.3) is 0 Å². The maximum Gasteiger partial charge on any atom is 0.247 e. The minimum absolute atomic E-state index is 1.11. The largest absolute Gasteiger partial charge is 0.247 e. The summed E-state index contributed by atoms with van der Waals surface area (Å²) in [5.41, 5.74) is 8.66. The Balaban J connectivity index is 1.54. The van der Waals surface area contributed by atoms with E-state index in [0.717, 1.165) is 6.16 Å². The number of allylic oxidation sites excluding steroid dienone is 1. The molecule has 2 heteroatoms. The molecule has 0 bridgehead atoms. The highest BCUT2D eigenvalue weighted by Crippen LogP contribution is 2.71. The summed E-state index contributed by atoms with van der Waals surface area (Å²) in [6.45, 7) is 5.24. The number of fused-ring (bicyclic) bond motifs is 3. The van der Waals surface area contributed by atoms with Gasteiger partial charge in [-0.1, -0.05) is 163 Å². The molecule has 0 amide bonds. The van der Waals surface area contributed by atoms with Gasteiger partial charge in [-0.15, -0.1) is 12.6 Å². The summed E-state index contributed by atoms with van der Waals surface area (Å²) in [6, 6.07) is 59.5. The molecule has 0 spiro atoms. The highest BCUT2D eigenvalue weighted by atomic mass is 31.2. The molecule has 0 saturated carbocycles. The Morgan fingerprint density at radius 1 is 0.419 bits per heavy atom. The topological polar surface area (TPSA) is 0 Å². The van der Waals surface area contributed by atoms with Gasteiger partial charge in [0.15, 0.2) is 0 Å². The first kappa shape index (κ1) is 26.2. The fourth-order valence-corrected chi connectivity index (χ4v) is 12.5. The van der Waals surface area contributed by atoms with Gasteiger partial charge in [-0.25, -0.2) is 0 Å². The summed E-state index contributed by atoms with van der Waals surface area (Å²) in [4.78, 5) is 0. The van der Waals surface area contributed by atoms with Gasteiger partial charge < -0.3 is 0 Å². The van der Waals surface area contributed by atoms with Crippen molar-refractivity contribution in [3.8, 4) is 0 Å². The van der Waals surface area contributed by atoms with Gasteiger partial charge in [0, 0.05) is 19.5 Å². The van der Waals surface area contributed by atoms with Crippen LogP contribution in [0.4, 0.5) is 0 Å². The van der Waals surface area contributed by atoms with E-state index < -0.39 is 13.0 Å². The average Bonchev–Trinajstić information content (AvgIpc) is 3.32. The standard InChI is InChI=1S/C41H34BP/c1-43(2)29-40(33-15-4-3-5-16-33)41(37-21-20-30-12-6-9-17-34(30)26-37)42(43,38-24-22-31-13-7-10-18-35(31)27-38)39-25-23-32-14-8-11-19-36(32)28-39/h3-28H,29H2,1-2H3. The lowest BCUT2D eigenvalue weighted by atomic mass is 9.32. The number of benzene rings is 7. The van der Waals surface area contributed by atoms with Crippen LogP contribution in [0.1, 0.15) is 11.1 Å². The van der Waals surface area contributed by atoms with E-state index in [2.05, 4.69) is 171 Å². The molecule has 1 heterocycles. The monoisotopic (exact) mass is 568 g/mol. The van der Waals surface area contributed by atoms with E-state index in [4.69, 9.17) is 0 Å². The van der Waals surface area contributed by atoms with Crippen LogP contribution < -0.4 is 10.9 Å². The van der Waals surface area contributed by atoms with Gasteiger partial charge in [0.1, 0.15) is 0 Å². The van der Waals surface area contributed by atoms with Crippen LogP contribution in [0.2, 0.25) is 0 Å². The van der Waals surface area contributed by atoms with Crippen LogP contribution in [0.15, 0.2) is 158 Å². The summed E-state index contributed by atoms with van der Waals surface area (Å²) in [7, 11) is -1.65. The first-order valence-electron chi connectivity index (χ1n) is 15.3. The van der Waals surface area contributed by atoms with Crippen molar-refractivity contribution in [1.29, 1.82) is 0 Å². The smallest absolute Gasteiger partial charge is 0.157 e. The summed E-state index contributed by atoms with van der Waals surface area (Å²) < 4.78 is 0. The Morgan fingerprint density at radius 2 is 0.860 bits per heavy atom. The minimum atomic E-state index is -1.65. The van der Waals surface area contributed by atoms with E-state index in [9.17, 15) is 0 Å². The maximum absolute atomic E-state index is 2.62. The highest BCUT2D eigenvalue weighted by Gasteiger charge is 2.57. The van der Waals surface area contributed by atoms with E-state index in [1.807, 2.05) is 0 Å². The summed E-state index contributed by atoms with van der Waals surface area (Å²) >= 11 is 0. The predicted molar refractivity (Wildman–Crippen MR) is 194 cm³/mol. The number of rotatable bonds is 4. The zero-order valence-corrected chi connectivity index (χ0v) is 25.6. The van der Waals surface area contributed by atoms with Crippen LogP contribution in [0.3, 0.4) is 0 Å². The molecular weight excluding hydrogens is 534 g/mol. The van der Waals surface area contributed by atoms with Gasteiger partial charge in [-0.05, 0) is 43.5 Å². The molecule has 0 aliphatic carbocycles. The van der Waals surface area contributed by atoms with Crippen LogP contribution in [-0.2, 0) is 0 Å². The van der Waals surface area contributed by atoms with Gasteiger partial charge in [-0.3, -0.25) is 0 Å². The molecule has 206 valence electrons. The Labute approximate surface area is 254 Å². The first-order valence-corrected chi connectivity index (χ1v) is 18.2. The lowest BCUT2D eigenvalue weighted by Crippen LogP contribution is -2.59. The molecule has 0 N–H and O–H groups in total. The second-order valence-electron chi connectivity index (χ2n) is 12.8. The summed E-state index contributed by atoms with van der Waals surface area (Å²) in [5, 5.41) is 7.80. The molecule has 7 aromatic rings. The van der Waals surface area contributed by atoms with Gasteiger partial charge in [0.2, 0.25) is 5.87 Å². The van der Waals surface area contributed by atoms with E-state index in [-0.39, 0.29) is 0 Å². The van der Waals surface area contributed by atoms with Crippen LogP contribution in [0.25, 0.3) is 43.4 Å². The van der Waals surface area contributed by atoms with E-state index >= 15 is 0 Å². The van der Waals surface area contributed by atoms with Crippen LogP contribution in [0.5, 0.6) is 0 Å². The van der Waals surface area contributed by atoms with Crippen molar-refractivity contribution in [2.75, 3.05) is 19.5 Å². The lowest BCUT2D eigenvalue weighted by Gasteiger charge is -2.46. The number of hydrogen-bond donors (Lipinski definition) is 0. The minimum Gasteiger partial charge on any atom is -0.157 e. The second kappa shape index (κ2) is 10.1. The Morgan fingerprint density at radius 3 is 1.40 bits per heavy atom. The van der Waals surface area contributed by atoms with Crippen molar-refractivity contribution in [1.82, 2.24) is 0 Å². The van der Waals surface area contributed by atoms with E-state index in [1.54, 1.807) is 0 Å². The van der Waals surface area contributed by atoms with Crippen molar-refractivity contribution in [3.63, 3.8) is 0 Å². The third-order valence-corrected chi connectivity index (χ3v) is 14.1. The number of hydrogen-bond acceptors (Lipinski definition) is 0. The second-order valence-corrected chi connectivity index (χ2v) is 17.4. The molecule has 8 rings (SSSR count). The lowest BCUT2D eigenvalue weighted by molar-refractivity contribution is 1.57. The van der Waals surface area contributed by atoms with Gasteiger partial charge >= 0.3 is 0 Å². The molecule has 0 saturated heterocycles. The molecule has 0 fully saturated rings. The molecule has 0 atom stereocenters. The molecule has 7 aromatic carbocycles. The quantitative estimate of drug-likeness (QED) is 0.147. The fourth-order valence-electron chi connectivity index (χ4n) is 8.16. The van der Waals surface area contributed by atoms with Crippen LogP contribution >= 0.6 is 7.14 Å². The van der Waals surface area contributed by atoms with Crippen molar-refractivity contribution in [2.24, 2.45) is 0 Å². The Kier molecular flexibility index (Phi) is 6.14. The Hall–Kier alpha value is -4.45. The fraction of sp³-hybridized carbons (Fsp3) is 0.0732. The summed E-state index contributed by atoms with van der Waals surface area (Å²) in [6.07, 6.45) is 1.11. The van der Waals surface area contributed by atoms with Crippen LogP contribution in [0, 0.1) is 0 Å². The SMILES string of the molecule is C[P+]1(C)CC(c2ccccc2)=C(c2ccc3ccccc3c2)[B-]1(c1ccc2ccccc2c1)c1ccc2ccccc2c1. The average molecular weight is 569 g/mol. The first-order chi connectivity index (χ1) is 21.0. The van der Waals surface area contributed by atoms with Crippen molar-refractivity contribution < 1.29 is 0 Å². The third-order valence-electron chi connectivity index (χ3n) is 10.1. The Bertz CT molecular complexity index is 2110. The third kappa shape index (κ3) is 4.10. The van der Waals surface area contributed by atoms with Crippen LogP contribution in [-0.4, -0.2) is 25.4 Å². The van der Waals surface area contributed by atoms with Crippen molar-refractivity contribution in [3.05, 3.63) is 169 Å². The molecule has 0 radical (unpaired) electrons. The molecule has 1 aliphatic rings. The molecule has 43 heavy (non-hydrogen) atoms.